The first kappa shape index (κ1) is 19.7. The van der Waals surface area contributed by atoms with E-state index in [0.29, 0.717) is 31.9 Å². The van der Waals surface area contributed by atoms with Crippen LogP contribution in [0.15, 0.2) is 29.9 Å². The molecule has 0 aromatic carbocycles. The van der Waals surface area contributed by atoms with Crippen LogP contribution in [0, 0.1) is 0 Å². The molecule has 6 nitrogen and oxygen atoms in total. The minimum atomic E-state index is -4.39. The van der Waals surface area contributed by atoms with Crippen LogP contribution in [-0.4, -0.2) is 65.7 Å². The fourth-order valence-corrected chi connectivity index (χ4v) is 3.70. The van der Waals surface area contributed by atoms with Gasteiger partial charge in [0.1, 0.15) is 11.0 Å². The molecule has 0 aliphatic carbocycles. The van der Waals surface area contributed by atoms with Gasteiger partial charge in [-0.2, -0.15) is 13.2 Å². The Labute approximate surface area is 158 Å². The highest BCUT2D eigenvalue weighted by Crippen LogP contribution is 2.25. The summed E-state index contributed by atoms with van der Waals surface area (Å²) in [5, 5.41) is 7.90. The fraction of sp³-hybridized carbons (Fsp3) is 0.471. The molecule has 2 aromatic rings. The highest BCUT2D eigenvalue weighted by Gasteiger charge is 2.43. The minimum absolute atomic E-state index is 0.0527. The molecule has 27 heavy (non-hydrogen) atoms. The summed E-state index contributed by atoms with van der Waals surface area (Å²) in [5.74, 6) is -0.470. The van der Waals surface area contributed by atoms with Gasteiger partial charge < -0.3 is 10.6 Å². The number of alkyl halides is 3. The van der Waals surface area contributed by atoms with Crippen LogP contribution in [-0.2, 0) is 11.2 Å². The molecule has 1 amide bonds. The fourth-order valence-electron chi connectivity index (χ4n) is 2.89. The lowest BCUT2D eigenvalue weighted by molar-refractivity contribution is -0.184. The molecule has 10 heteroatoms. The van der Waals surface area contributed by atoms with E-state index in [1.807, 2.05) is 6.07 Å². The third kappa shape index (κ3) is 5.47. The predicted octanol–water partition coefficient (Wildman–Crippen LogP) is 1.70. The maximum absolute atomic E-state index is 13.3. The number of nitrogens with zero attached hydrogens (tertiary/aromatic N) is 3. The molecular formula is C17H20F3N5OS. The molecule has 1 atom stereocenters. The average Bonchev–Trinajstić information content (AvgIpc) is 3.11. The summed E-state index contributed by atoms with van der Waals surface area (Å²) in [6, 6.07) is 1.97. The smallest absolute Gasteiger partial charge is 0.354 e. The average molecular weight is 399 g/mol. The second kappa shape index (κ2) is 8.77. The highest BCUT2D eigenvalue weighted by molar-refractivity contribution is 7.13. The lowest BCUT2D eigenvalue weighted by Gasteiger charge is -2.35. The second-order valence-corrected chi connectivity index (χ2v) is 7.07. The number of amides is 1. The Morgan fingerprint density at radius 3 is 2.81 bits per heavy atom. The van der Waals surface area contributed by atoms with Crippen molar-refractivity contribution >= 4 is 17.2 Å². The monoisotopic (exact) mass is 399 g/mol. The number of halogens is 3. The van der Waals surface area contributed by atoms with E-state index in [2.05, 4.69) is 20.6 Å². The summed E-state index contributed by atoms with van der Waals surface area (Å²) in [6.45, 7) is 1.18. The first-order chi connectivity index (χ1) is 12.9. The van der Waals surface area contributed by atoms with Gasteiger partial charge in [-0.25, -0.2) is 4.98 Å². The largest absolute Gasteiger partial charge is 0.405 e. The van der Waals surface area contributed by atoms with Crippen molar-refractivity contribution in [3.63, 3.8) is 0 Å². The standard InChI is InChI=1S/C17H20F3N5OS/c18-17(19,20)14(25-6-4-21-5-7-25)10-23-15(26)8-13-11-27-16(24-13)12-2-1-3-22-9-12/h1-3,9,11,14,21H,4-8,10H2,(H,23,26). The van der Waals surface area contributed by atoms with E-state index in [4.69, 9.17) is 0 Å². The molecule has 1 aliphatic rings. The number of aromatic nitrogens is 2. The Kier molecular flexibility index (Phi) is 6.40. The summed E-state index contributed by atoms with van der Waals surface area (Å²) in [7, 11) is 0. The number of piperazine rings is 1. The van der Waals surface area contributed by atoms with E-state index in [9.17, 15) is 18.0 Å². The zero-order valence-electron chi connectivity index (χ0n) is 14.5. The third-order valence-corrected chi connectivity index (χ3v) is 5.20. The molecule has 2 aromatic heterocycles. The number of hydrogen-bond donors (Lipinski definition) is 2. The Bertz CT molecular complexity index is 747. The number of thiazole rings is 1. The highest BCUT2D eigenvalue weighted by atomic mass is 32.1. The van der Waals surface area contributed by atoms with Crippen LogP contribution in [0.4, 0.5) is 13.2 Å². The van der Waals surface area contributed by atoms with Gasteiger partial charge in [0.25, 0.3) is 0 Å². The van der Waals surface area contributed by atoms with Gasteiger partial charge in [0, 0.05) is 56.1 Å². The first-order valence-corrected chi connectivity index (χ1v) is 9.44. The molecule has 0 saturated carbocycles. The lowest BCUT2D eigenvalue weighted by atomic mass is 10.2. The van der Waals surface area contributed by atoms with Crippen molar-refractivity contribution < 1.29 is 18.0 Å². The molecule has 0 radical (unpaired) electrons. The van der Waals surface area contributed by atoms with E-state index in [-0.39, 0.29) is 6.42 Å². The van der Waals surface area contributed by atoms with E-state index < -0.39 is 24.7 Å². The SMILES string of the molecule is O=C(Cc1csc(-c2cccnc2)n1)NCC(N1CCNCC1)C(F)(F)F. The Morgan fingerprint density at radius 2 is 2.15 bits per heavy atom. The van der Waals surface area contributed by atoms with Crippen molar-refractivity contribution in [2.75, 3.05) is 32.7 Å². The van der Waals surface area contributed by atoms with E-state index in [1.54, 1.807) is 23.8 Å². The molecule has 0 spiro atoms. The van der Waals surface area contributed by atoms with Gasteiger partial charge in [0.05, 0.1) is 12.1 Å². The van der Waals surface area contributed by atoms with E-state index >= 15 is 0 Å². The van der Waals surface area contributed by atoms with Gasteiger partial charge >= 0.3 is 6.18 Å². The first-order valence-electron chi connectivity index (χ1n) is 8.56. The van der Waals surface area contributed by atoms with Crippen molar-refractivity contribution in [2.24, 2.45) is 0 Å². The Morgan fingerprint density at radius 1 is 1.37 bits per heavy atom. The lowest BCUT2D eigenvalue weighted by Crippen LogP contribution is -2.57. The van der Waals surface area contributed by atoms with Gasteiger partial charge in [0.2, 0.25) is 5.91 Å². The predicted molar refractivity (Wildman–Crippen MR) is 96.3 cm³/mol. The zero-order valence-corrected chi connectivity index (χ0v) is 15.3. The maximum atomic E-state index is 13.3. The van der Waals surface area contributed by atoms with Crippen molar-refractivity contribution in [3.05, 3.63) is 35.6 Å². The van der Waals surface area contributed by atoms with Crippen LogP contribution in [0.25, 0.3) is 10.6 Å². The summed E-state index contributed by atoms with van der Waals surface area (Å²) >= 11 is 1.37. The van der Waals surface area contributed by atoms with E-state index in [0.717, 1.165) is 10.6 Å². The number of rotatable bonds is 6. The van der Waals surface area contributed by atoms with Crippen LogP contribution >= 0.6 is 11.3 Å². The van der Waals surface area contributed by atoms with Crippen LogP contribution < -0.4 is 10.6 Å². The number of hydrogen-bond acceptors (Lipinski definition) is 6. The van der Waals surface area contributed by atoms with Gasteiger partial charge in [-0.05, 0) is 12.1 Å². The summed E-state index contributed by atoms with van der Waals surface area (Å²) < 4.78 is 40.0. The topological polar surface area (TPSA) is 70.2 Å². The minimum Gasteiger partial charge on any atom is -0.354 e. The number of carbonyl (C=O) groups is 1. The number of nitrogens with one attached hydrogen (secondary N) is 2. The van der Waals surface area contributed by atoms with Gasteiger partial charge in [-0.15, -0.1) is 11.3 Å². The Hall–Kier alpha value is -2.04. The maximum Gasteiger partial charge on any atom is 0.405 e. The van der Waals surface area contributed by atoms with Crippen molar-refractivity contribution in [3.8, 4) is 10.6 Å². The van der Waals surface area contributed by atoms with Crippen LogP contribution in [0.3, 0.4) is 0 Å². The molecule has 3 rings (SSSR count). The quantitative estimate of drug-likeness (QED) is 0.774. The molecule has 1 aliphatic heterocycles. The summed E-state index contributed by atoms with van der Waals surface area (Å²) in [5.41, 5.74) is 1.37. The zero-order chi connectivity index (χ0) is 19.3. The van der Waals surface area contributed by atoms with Crippen LogP contribution in [0.5, 0.6) is 0 Å². The Balaban J connectivity index is 1.56. The molecule has 1 fully saturated rings. The normalized spacial score (nSPS) is 16.9. The molecular weight excluding hydrogens is 379 g/mol. The third-order valence-electron chi connectivity index (χ3n) is 4.26. The van der Waals surface area contributed by atoms with Crippen molar-refractivity contribution in [2.45, 2.75) is 18.6 Å². The van der Waals surface area contributed by atoms with E-state index in [1.165, 1.54) is 16.2 Å². The number of carbonyl (C=O) groups excluding carboxylic acids is 1. The molecule has 2 N–H and O–H groups in total. The molecule has 1 unspecified atom stereocenters. The molecule has 1 saturated heterocycles. The van der Waals surface area contributed by atoms with Crippen molar-refractivity contribution in [1.82, 2.24) is 25.5 Å². The van der Waals surface area contributed by atoms with Crippen LogP contribution in [0.1, 0.15) is 5.69 Å². The van der Waals surface area contributed by atoms with Crippen LogP contribution in [0.2, 0.25) is 0 Å². The summed E-state index contributed by atoms with van der Waals surface area (Å²) in [4.78, 5) is 21.9. The van der Waals surface area contributed by atoms with Crippen molar-refractivity contribution in [1.29, 1.82) is 0 Å². The van der Waals surface area contributed by atoms with Gasteiger partial charge in [0.15, 0.2) is 0 Å². The van der Waals surface area contributed by atoms with Gasteiger partial charge in [-0.3, -0.25) is 14.7 Å². The summed E-state index contributed by atoms with van der Waals surface area (Å²) in [6.07, 6.45) is -1.12. The number of pyridine rings is 1. The molecule has 3 heterocycles. The second-order valence-electron chi connectivity index (χ2n) is 6.21. The van der Waals surface area contributed by atoms with Gasteiger partial charge in [-0.1, -0.05) is 0 Å². The molecule has 0 bridgehead atoms. The molecule has 146 valence electrons.